The standard InChI is InChI=1S/C16H17N3O2S/c1-11-12(2)19-16-6-5-13(8-15(11)16)9-18-22(20,21)14-4-3-7-17-10-14/h3-8,10,18-19H,9H2,1-2H3. The SMILES string of the molecule is Cc1[nH]c2ccc(CNS(=O)(=O)c3cccnc3)cc2c1C. The summed E-state index contributed by atoms with van der Waals surface area (Å²) in [6.45, 7) is 4.33. The van der Waals surface area contributed by atoms with Crippen molar-refractivity contribution in [2.75, 3.05) is 0 Å². The van der Waals surface area contributed by atoms with Crippen molar-refractivity contribution in [3.8, 4) is 0 Å². The van der Waals surface area contributed by atoms with Crippen LogP contribution >= 0.6 is 0 Å². The highest BCUT2D eigenvalue weighted by molar-refractivity contribution is 7.89. The first-order valence-corrected chi connectivity index (χ1v) is 8.43. The Bertz CT molecular complexity index is 915. The molecule has 1 aromatic carbocycles. The lowest BCUT2D eigenvalue weighted by Gasteiger charge is -2.07. The molecule has 0 aliphatic heterocycles. The molecule has 2 N–H and O–H groups in total. The van der Waals surface area contributed by atoms with Gasteiger partial charge in [0.25, 0.3) is 0 Å². The molecule has 3 aromatic rings. The summed E-state index contributed by atoms with van der Waals surface area (Å²) in [5.41, 5.74) is 4.30. The first-order valence-electron chi connectivity index (χ1n) is 6.95. The van der Waals surface area contributed by atoms with Crippen LogP contribution in [0.25, 0.3) is 10.9 Å². The molecule has 0 saturated carbocycles. The van der Waals surface area contributed by atoms with E-state index in [-0.39, 0.29) is 11.4 Å². The highest BCUT2D eigenvalue weighted by Gasteiger charge is 2.13. The fraction of sp³-hybridized carbons (Fsp3) is 0.188. The molecule has 0 spiro atoms. The molecular formula is C16H17N3O2S. The third-order valence-electron chi connectivity index (χ3n) is 3.78. The van der Waals surface area contributed by atoms with Gasteiger partial charge in [0, 0.05) is 35.5 Å². The van der Waals surface area contributed by atoms with Gasteiger partial charge in [-0.15, -0.1) is 0 Å². The van der Waals surface area contributed by atoms with E-state index in [1.807, 2.05) is 25.1 Å². The number of nitrogens with one attached hydrogen (secondary N) is 2. The molecular weight excluding hydrogens is 298 g/mol. The van der Waals surface area contributed by atoms with Gasteiger partial charge in [-0.3, -0.25) is 4.98 Å². The maximum absolute atomic E-state index is 12.2. The van der Waals surface area contributed by atoms with Crippen LogP contribution in [0.15, 0.2) is 47.6 Å². The normalized spacial score (nSPS) is 11.9. The molecule has 0 amide bonds. The second-order valence-corrected chi connectivity index (χ2v) is 7.04. The van der Waals surface area contributed by atoms with Gasteiger partial charge in [0.2, 0.25) is 10.0 Å². The molecule has 3 rings (SSSR count). The fourth-order valence-corrected chi connectivity index (χ4v) is 3.37. The Labute approximate surface area is 129 Å². The van der Waals surface area contributed by atoms with Crippen molar-refractivity contribution in [2.24, 2.45) is 0 Å². The molecule has 0 unspecified atom stereocenters. The Morgan fingerprint density at radius 2 is 2.05 bits per heavy atom. The Balaban J connectivity index is 1.83. The Morgan fingerprint density at radius 3 is 2.77 bits per heavy atom. The molecule has 0 atom stereocenters. The zero-order valence-corrected chi connectivity index (χ0v) is 13.2. The van der Waals surface area contributed by atoms with E-state index in [1.165, 1.54) is 17.8 Å². The number of benzene rings is 1. The monoisotopic (exact) mass is 315 g/mol. The van der Waals surface area contributed by atoms with Crippen LogP contribution in [0.3, 0.4) is 0 Å². The number of sulfonamides is 1. The van der Waals surface area contributed by atoms with Gasteiger partial charge < -0.3 is 4.98 Å². The van der Waals surface area contributed by atoms with Crippen molar-refractivity contribution < 1.29 is 8.42 Å². The van der Waals surface area contributed by atoms with Gasteiger partial charge in [0.15, 0.2) is 0 Å². The lowest BCUT2D eigenvalue weighted by atomic mass is 10.1. The van der Waals surface area contributed by atoms with E-state index < -0.39 is 10.0 Å². The fourth-order valence-electron chi connectivity index (χ4n) is 2.39. The summed E-state index contributed by atoms with van der Waals surface area (Å²) in [7, 11) is -3.54. The summed E-state index contributed by atoms with van der Waals surface area (Å²) < 4.78 is 27.0. The van der Waals surface area contributed by atoms with E-state index >= 15 is 0 Å². The van der Waals surface area contributed by atoms with E-state index in [1.54, 1.807) is 12.3 Å². The van der Waals surface area contributed by atoms with Gasteiger partial charge in [0.1, 0.15) is 4.90 Å². The van der Waals surface area contributed by atoms with Crippen molar-refractivity contribution in [2.45, 2.75) is 25.3 Å². The zero-order valence-electron chi connectivity index (χ0n) is 12.4. The number of aromatic amines is 1. The molecule has 0 radical (unpaired) electrons. The van der Waals surface area contributed by atoms with Crippen molar-refractivity contribution >= 4 is 20.9 Å². The van der Waals surface area contributed by atoms with E-state index in [9.17, 15) is 8.42 Å². The third kappa shape index (κ3) is 2.75. The van der Waals surface area contributed by atoms with Crippen LogP contribution in [-0.2, 0) is 16.6 Å². The molecule has 0 aliphatic carbocycles. The molecule has 0 fully saturated rings. The Kier molecular flexibility index (Phi) is 3.72. The number of aryl methyl sites for hydroxylation is 2. The maximum atomic E-state index is 12.2. The quantitative estimate of drug-likeness (QED) is 0.777. The number of pyridine rings is 1. The van der Waals surface area contributed by atoms with Crippen LogP contribution in [0.1, 0.15) is 16.8 Å². The Hall–Kier alpha value is -2.18. The molecule has 5 nitrogen and oxygen atoms in total. The van der Waals surface area contributed by atoms with Crippen LogP contribution in [-0.4, -0.2) is 18.4 Å². The average Bonchev–Trinajstić information content (AvgIpc) is 2.81. The number of hydrogen-bond donors (Lipinski definition) is 2. The highest BCUT2D eigenvalue weighted by atomic mass is 32.2. The average molecular weight is 315 g/mol. The number of aromatic nitrogens is 2. The van der Waals surface area contributed by atoms with Crippen molar-refractivity contribution in [1.82, 2.24) is 14.7 Å². The third-order valence-corrected chi connectivity index (χ3v) is 5.17. The molecule has 2 aromatic heterocycles. The first kappa shape index (κ1) is 14.7. The predicted molar refractivity (Wildman–Crippen MR) is 86.0 cm³/mol. The van der Waals surface area contributed by atoms with E-state index in [0.29, 0.717) is 0 Å². The smallest absolute Gasteiger partial charge is 0.242 e. The van der Waals surface area contributed by atoms with Gasteiger partial charge in [-0.2, -0.15) is 0 Å². The number of H-pyrrole nitrogens is 1. The summed E-state index contributed by atoms with van der Waals surface area (Å²) >= 11 is 0. The maximum Gasteiger partial charge on any atom is 0.242 e. The Morgan fingerprint density at radius 1 is 1.23 bits per heavy atom. The summed E-state index contributed by atoms with van der Waals surface area (Å²) in [4.78, 5) is 7.31. The zero-order chi connectivity index (χ0) is 15.7. The summed E-state index contributed by atoms with van der Waals surface area (Å²) in [5.74, 6) is 0. The van der Waals surface area contributed by atoms with Crippen LogP contribution in [0.5, 0.6) is 0 Å². The molecule has 0 bridgehead atoms. The van der Waals surface area contributed by atoms with Crippen molar-refractivity contribution in [1.29, 1.82) is 0 Å². The van der Waals surface area contributed by atoms with Crippen LogP contribution in [0.2, 0.25) is 0 Å². The molecule has 22 heavy (non-hydrogen) atoms. The number of rotatable bonds is 4. The van der Waals surface area contributed by atoms with Gasteiger partial charge in [-0.25, -0.2) is 13.1 Å². The van der Waals surface area contributed by atoms with Crippen LogP contribution in [0, 0.1) is 13.8 Å². The van der Waals surface area contributed by atoms with Gasteiger partial charge in [0.05, 0.1) is 0 Å². The number of fused-ring (bicyclic) bond motifs is 1. The number of hydrogen-bond acceptors (Lipinski definition) is 3. The van der Waals surface area contributed by atoms with Gasteiger partial charge in [-0.1, -0.05) is 6.07 Å². The topological polar surface area (TPSA) is 74.8 Å². The van der Waals surface area contributed by atoms with Crippen molar-refractivity contribution in [3.05, 3.63) is 59.5 Å². The summed E-state index contributed by atoms with van der Waals surface area (Å²) in [5, 5.41) is 1.12. The van der Waals surface area contributed by atoms with E-state index in [0.717, 1.165) is 22.2 Å². The van der Waals surface area contributed by atoms with Crippen LogP contribution in [0.4, 0.5) is 0 Å². The first-order chi connectivity index (χ1) is 10.5. The molecule has 2 heterocycles. The number of nitrogens with zero attached hydrogens (tertiary/aromatic N) is 1. The predicted octanol–water partition coefficient (Wildman–Crippen LogP) is 2.66. The molecule has 6 heteroatoms. The van der Waals surface area contributed by atoms with E-state index in [2.05, 4.69) is 21.6 Å². The molecule has 114 valence electrons. The molecule has 0 aliphatic rings. The van der Waals surface area contributed by atoms with E-state index in [4.69, 9.17) is 0 Å². The molecule has 0 saturated heterocycles. The highest BCUT2D eigenvalue weighted by Crippen LogP contribution is 2.22. The second-order valence-electron chi connectivity index (χ2n) is 5.27. The van der Waals surface area contributed by atoms with Gasteiger partial charge >= 0.3 is 0 Å². The minimum atomic E-state index is -3.54. The second kappa shape index (κ2) is 5.55. The minimum Gasteiger partial charge on any atom is -0.358 e. The lowest BCUT2D eigenvalue weighted by molar-refractivity contribution is 0.581. The van der Waals surface area contributed by atoms with Crippen LogP contribution < -0.4 is 4.72 Å². The summed E-state index contributed by atoms with van der Waals surface area (Å²) in [6, 6.07) is 9.04. The lowest BCUT2D eigenvalue weighted by Crippen LogP contribution is -2.23. The largest absolute Gasteiger partial charge is 0.358 e. The van der Waals surface area contributed by atoms with Gasteiger partial charge in [-0.05, 0) is 49.2 Å². The minimum absolute atomic E-state index is 0.171. The van der Waals surface area contributed by atoms with Crippen molar-refractivity contribution in [3.63, 3.8) is 0 Å². The summed E-state index contributed by atoms with van der Waals surface area (Å²) in [6.07, 6.45) is 2.88.